The standard InChI is InChI=1S/C16H28N6/c1-2-22-10-7-13(8-11-22)19-9-5-3-4-6-15-14(12-17)16(18)21-20-15/h13,19H,2-11H2,1H3,(H3,18,20,21)/p+2. The first-order valence-corrected chi connectivity index (χ1v) is 8.64. The van der Waals surface area contributed by atoms with Gasteiger partial charge in [-0.25, -0.2) is 0 Å². The normalized spacial score (nSPS) is 21.6. The maximum absolute atomic E-state index is 9.01. The Labute approximate surface area is 133 Å². The van der Waals surface area contributed by atoms with Gasteiger partial charge in [-0.15, -0.1) is 0 Å². The fourth-order valence-corrected chi connectivity index (χ4v) is 3.31. The Bertz CT molecular complexity index is 481. The van der Waals surface area contributed by atoms with Crippen LogP contribution in [-0.2, 0) is 6.42 Å². The summed E-state index contributed by atoms with van der Waals surface area (Å²) in [4.78, 5) is 1.76. The molecule has 122 valence electrons. The van der Waals surface area contributed by atoms with Gasteiger partial charge in [0.1, 0.15) is 11.6 Å². The van der Waals surface area contributed by atoms with Crippen molar-refractivity contribution in [3.05, 3.63) is 11.3 Å². The topological polar surface area (TPSA) is 99.5 Å². The van der Waals surface area contributed by atoms with Crippen LogP contribution in [0.4, 0.5) is 5.82 Å². The van der Waals surface area contributed by atoms with Crippen LogP contribution < -0.4 is 16.0 Å². The minimum Gasteiger partial charge on any atom is -0.381 e. The quantitative estimate of drug-likeness (QED) is 0.473. The lowest BCUT2D eigenvalue weighted by molar-refractivity contribution is -0.911. The zero-order chi connectivity index (χ0) is 15.8. The molecule has 0 saturated carbocycles. The maximum Gasteiger partial charge on any atom is 0.163 e. The number of hydrogen-bond acceptors (Lipinski definition) is 3. The van der Waals surface area contributed by atoms with Crippen molar-refractivity contribution in [2.45, 2.75) is 51.5 Å². The van der Waals surface area contributed by atoms with Crippen LogP contribution in [0.3, 0.4) is 0 Å². The Hall–Kier alpha value is -1.58. The molecular formula is C16H30N6+2. The van der Waals surface area contributed by atoms with Gasteiger partial charge in [0.05, 0.1) is 37.9 Å². The fourth-order valence-electron chi connectivity index (χ4n) is 3.31. The SMILES string of the molecule is CC[NH+]1CCC([NH2+]CCCCCc2[nH]nc(N)c2C#N)CC1. The van der Waals surface area contributed by atoms with E-state index in [2.05, 4.69) is 28.5 Å². The molecule has 0 radical (unpaired) electrons. The molecule has 1 saturated heterocycles. The first-order chi connectivity index (χ1) is 10.7. The number of hydrogen-bond donors (Lipinski definition) is 4. The third kappa shape index (κ3) is 4.72. The minimum atomic E-state index is 0.325. The highest BCUT2D eigenvalue weighted by atomic mass is 15.2. The molecule has 0 aromatic carbocycles. The number of aromatic nitrogens is 2. The van der Waals surface area contributed by atoms with E-state index in [9.17, 15) is 0 Å². The van der Waals surface area contributed by atoms with Gasteiger partial charge in [-0.1, -0.05) is 0 Å². The monoisotopic (exact) mass is 306 g/mol. The first kappa shape index (κ1) is 16.8. The maximum atomic E-state index is 9.01. The van der Waals surface area contributed by atoms with Crippen LogP contribution in [0.25, 0.3) is 0 Å². The number of nitrogens with zero attached hydrogens (tertiary/aromatic N) is 2. The van der Waals surface area contributed by atoms with E-state index in [4.69, 9.17) is 11.0 Å². The number of nitrogen functional groups attached to an aromatic ring is 1. The van der Waals surface area contributed by atoms with Crippen molar-refractivity contribution in [2.75, 3.05) is 31.9 Å². The predicted octanol–water partition coefficient (Wildman–Crippen LogP) is -0.793. The molecule has 0 bridgehead atoms. The van der Waals surface area contributed by atoms with Crippen LogP contribution in [0.5, 0.6) is 0 Å². The summed E-state index contributed by atoms with van der Waals surface area (Å²) >= 11 is 0. The van der Waals surface area contributed by atoms with Gasteiger partial charge in [0, 0.05) is 12.8 Å². The molecule has 1 fully saturated rings. The molecule has 22 heavy (non-hydrogen) atoms. The summed E-state index contributed by atoms with van der Waals surface area (Å²) in [5.74, 6) is 0.325. The predicted molar refractivity (Wildman–Crippen MR) is 86.3 cm³/mol. The molecule has 2 heterocycles. The van der Waals surface area contributed by atoms with Crippen molar-refractivity contribution in [1.82, 2.24) is 10.2 Å². The average Bonchev–Trinajstić information content (AvgIpc) is 2.91. The summed E-state index contributed by atoms with van der Waals surface area (Å²) in [6.45, 7) is 7.47. The highest BCUT2D eigenvalue weighted by Gasteiger charge is 2.22. The average molecular weight is 306 g/mol. The second-order valence-electron chi connectivity index (χ2n) is 6.35. The van der Waals surface area contributed by atoms with E-state index in [0.29, 0.717) is 11.4 Å². The minimum absolute atomic E-state index is 0.325. The number of nitrogens with one attached hydrogen (secondary N) is 2. The van der Waals surface area contributed by atoms with Crippen molar-refractivity contribution >= 4 is 5.82 Å². The lowest BCUT2D eigenvalue weighted by atomic mass is 10.0. The van der Waals surface area contributed by atoms with E-state index in [-0.39, 0.29) is 0 Å². The number of rotatable bonds is 8. The summed E-state index contributed by atoms with van der Waals surface area (Å²) in [6, 6.07) is 2.96. The van der Waals surface area contributed by atoms with Gasteiger partial charge in [-0.2, -0.15) is 10.4 Å². The Kier molecular flexibility index (Phi) is 6.69. The number of quaternary nitrogens is 2. The summed E-state index contributed by atoms with van der Waals surface area (Å²) in [5.41, 5.74) is 7.05. The Morgan fingerprint density at radius 1 is 1.36 bits per heavy atom. The molecule has 1 aliphatic heterocycles. The summed E-state index contributed by atoms with van der Waals surface area (Å²) in [5, 5.41) is 18.3. The molecule has 2 rings (SSSR count). The number of likely N-dealkylation sites (tertiary alicyclic amines) is 1. The van der Waals surface area contributed by atoms with E-state index in [0.717, 1.165) is 24.6 Å². The molecule has 1 aromatic heterocycles. The van der Waals surface area contributed by atoms with Crippen molar-refractivity contribution in [1.29, 1.82) is 5.26 Å². The number of H-pyrrole nitrogens is 1. The number of nitriles is 1. The molecule has 1 aliphatic rings. The van der Waals surface area contributed by atoms with Crippen LogP contribution in [-0.4, -0.2) is 42.4 Å². The third-order valence-corrected chi connectivity index (χ3v) is 4.85. The molecule has 0 spiro atoms. The summed E-state index contributed by atoms with van der Waals surface area (Å²) < 4.78 is 0. The molecule has 0 aliphatic carbocycles. The summed E-state index contributed by atoms with van der Waals surface area (Å²) in [6.07, 6.45) is 7.11. The van der Waals surface area contributed by atoms with Gasteiger partial charge >= 0.3 is 0 Å². The molecule has 6 N–H and O–H groups in total. The van der Waals surface area contributed by atoms with Gasteiger partial charge in [0.15, 0.2) is 5.82 Å². The molecule has 0 amide bonds. The van der Waals surface area contributed by atoms with Gasteiger partial charge in [0.25, 0.3) is 0 Å². The van der Waals surface area contributed by atoms with Gasteiger partial charge < -0.3 is 16.0 Å². The molecule has 6 nitrogen and oxygen atoms in total. The largest absolute Gasteiger partial charge is 0.381 e. The van der Waals surface area contributed by atoms with Gasteiger partial charge in [-0.05, 0) is 32.6 Å². The second kappa shape index (κ2) is 8.76. The van der Waals surface area contributed by atoms with E-state index in [1.807, 2.05) is 0 Å². The van der Waals surface area contributed by atoms with Crippen molar-refractivity contribution in [3.8, 4) is 6.07 Å². The van der Waals surface area contributed by atoms with Crippen LogP contribution in [0.1, 0.15) is 50.3 Å². The lowest BCUT2D eigenvalue weighted by Crippen LogP contribution is -3.14. The van der Waals surface area contributed by atoms with Gasteiger partial charge in [0.2, 0.25) is 0 Å². The smallest absolute Gasteiger partial charge is 0.163 e. The number of aromatic amines is 1. The fraction of sp³-hybridized carbons (Fsp3) is 0.750. The van der Waals surface area contributed by atoms with Crippen LogP contribution in [0.15, 0.2) is 0 Å². The van der Waals surface area contributed by atoms with E-state index in [1.54, 1.807) is 4.90 Å². The molecule has 6 heteroatoms. The van der Waals surface area contributed by atoms with Crippen LogP contribution in [0, 0.1) is 11.3 Å². The molecule has 1 aromatic rings. The number of nitrogens with two attached hydrogens (primary N) is 2. The highest BCUT2D eigenvalue weighted by Crippen LogP contribution is 2.14. The number of aryl methyl sites for hydroxylation is 1. The van der Waals surface area contributed by atoms with Crippen molar-refractivity contribution < 1.29 is 10.2 Å². The van der Waals surface area contributed by atoms with E-state index < -0.39 is 0 Å². The van der Waals surface area contributed by atoms with Crippen molar-refractivity contribution in [3.63, 3.8) is 0 Å². The number of anilines is 1. The zero-order valence-corrected chi connectivity index (χ0v) is 13.7. The number of unbranched alkanes of at least 4 members (excludes halogenated alkanes) is 2. The Morgan fingerprint density at radius 3 is 2.82 bits per heavy atom. The van der Waals surface area contributed by atoms with Crippen molar-refractivity contribution in [2.24, 2.45) is 0 Å². The molecular weight excluding hydrogens is 276 g/mol. The molecule has 0 atom stereocenters. The van der Waals surface area contributed by atoms with Crippen LogP contribution in [0.2, 0.25) is 0 Å². The lowest BCUT2D eigenvalue weighted by Gasteiger charge is -2.27. The second-order valence-corrected chi connectivity index (χ2v) is 6.35. The number of piperidine rings is 1. The summed E-state index contributed by atoms with van der Waals surface area (Å²) in [7, 11) is 0. The molecule has 0 unspecified atom stereocenters. The Balaban J connectivity index is 1.54. The highest BCUT2D eigenvalue weighted by molar-refractivity contribution is 5.50. The zero-order valence-electron chi connectivity index (χ0n) is 13.7. The Morgan fingerprint density at radius 2 is 2.14 bits per heavy atom. The third-order valence-electron chi connectivity index (χ3n) is 4.85. The first-order valence-electron chi connectivity index (χ1n) is 8.64. The van der Waals surface area contributed by atoms with E-state index in [1.165, 1.54) is 51.9 Å². The van der Waals surface area contributed by atoms with E-state index >= 15 is 0 Å². The van der Waals surface area contributed by atoms with Crippen LogP contribution >= 0.6 is 0 Å². The van der Waals surface area contributed by atoms with Gasteiger partial charge in [-0.3, -0.25) is 5.10 Å².